The van der Waals surface area contributed by atoms with Crippen molar-refractivity contribution >= 4 is 18.1 Å². The number of rotatable bonds is 12. The van der Waals surface area contributed by atoms with Crippen LogP contribution in [0.1, 0.15) is 65.1 Å². The van der Waals surface area contributed by atoms with Crippen molar-refractivity contribution in [1.82, 2.24) is 5.32 Å². The molecule has 0 saturated carbocycles. The van der Waals surface area contributed by atoms with Gasteiger partial charge in [-0.05, 0) is 80.1 Å². The lowest BCUT2D eigenvalue weighted by molar-refractivity contribution is -0.00424. The third-order valence-electron chi connectivity index (χ3n) is 6.28. The maximum absolute atomic E-state index is 13.9. The summed E-state index contributed by atoms with van der Waals surface area (Å²) in [6.45, 7) is 8.26. The largest absolute Gasteiger partial charge is 0.478 e. The van der Waals surface area contributed by atoms with E-state index >= 15 is 0 Å². The highest BCUT2D eigenvalue weighted by Gasteiger charge is 2.20. The minimum Gasteiger partial charge on any atom is -0.478 e. The smallest absolute Gasteiger partial charge is 0.335 e. The average molecular weight is 506 g/mol. The first kappa shape index (κ1) is 28.3. The highest BCUT2D eigenvalue weighted by Crippen LogP contribution is 2.23. The minimum atomic E-state index is -0.950. The Bertz CT molecular complexity index is 1220. The quantitative estimate of drug-likeness (QED) is 0.261. The molecule has 6 heteroatoms. The molecule has 0 aliphatic rings. The summed E-state index contributed by atoms with van der Waals surface area (Å²) in [5, 5.41) is 23.0. The van der Waals surface area contributed by atoms with Crippen LogP contribution < -0.4 is 5.32 Å². The van der Waals surface area contributed by atoms with Crippen LogP contribution in [0.4, 0.5) is 4.39 Å². The molecule has 0 saturated heterocycles. The van der Waals surface area contributed by atoms with Crippen molar-refractivity contribution < 1.29 is 24.1 Å². The van der Waals surface area contributed by atoms with Gasteiger partial charge < -0.3 is 20.3 Å². The second-order valence-corrected chi connectivity index (χ2v) is 10.0. The monoisotopic (exact) mass is 505 g/mol. The number of halogens is 1. The number of β-amino-alcohol motifs (C(OH)–C–C–N with tert-alkyl or cyclic N) is 1. The number of carboxylic acid groups (broad SMARTS) is 1. The lowest BCUT2D eigenvalue weighted by Gasteiger charge is -2.28. The molecule has 0 fully saturated rings. The molecule has 3 N–H and O–H groups in total. The topological polar surface area (TPSA) is 78.8 Å². The highest BCUT2D eigenvalue weighted by atomic mass is 19.1. The van der Waals surface area contributed by atoms with E-state index in [1.165, 1.54) is 0 Å². The number of aliphatic hydroxyl groups excluding tert-OH is 1. The van der Waals surface area contributed by atoms with Crippen LogP contribution in [0, 0.1) is 12.7 Å². The van der Waals surface area contributed by atoms with E-state index in [1.54, 1.807) is 43.3 Å². The van der Waals surface area contributed by atoms with Crippen LogP contribution in [-0.2, 0) is 11.2 Å². The van der Waals surface area contributed by atoms with Crippen LogP contribution in [0.3, 0.4) is 0 Å². The van der Waals surface area contributed by atoms with Gasteiger partial charge in [0.15, 0.2) is 0 Å². The fourth-order valence-electron chi connectivity index (χ4n) is 4.07. The Morgan fingerprint density at radius 1 is 1.08 bits per heavy atom. The third-order valence-corrected chi connectivity index (χ3v) is 6.28. The summed E-state index contributed by atoms with van der Waals surface area (Å²) in [4.78, 5) is 11.0. The molecule has 0 radical (unpaired) electrons. The molecule has 0 heterocycles. The molecule has 37 heavy (non-hydrogen) atoms. The molecular weight excluding hydrogens is 469 g/mol. The standard InChI is InChI=1S/C31H36FNO4/c1-21-9-10-24(17-29(21)32)18-31(3,4)33-19-27(34)20-37-22(2)28-8-6-5-7-25(28)14-11-23-12-15-26(16-13-23)30(35)36/h5-17,22,27,33-34H,18-20H2,1-4H3,(H,35,36)/t22-,27-/m1/s1. The highest BCUT2D eigenvalue weighted by molar-refractivity contribution is 5.88. The number of nitrogens with one attached hydrogen (secondary N) is 1. The summed E-state index contributed by atoms with van der Waals surface area (Å²) < 4.78 is 19.9. The van der Waals surface area contributed by atoms with E-state index in [1.807, 2.05) is 63.3 Å². The van der Waals surface area contributed by atoms with Crippen molar-refractivity contribution in [3.63, 3.8) is 0 Å². The Morgan fingerprint density at radius 3 is 2.46 bits per heavy atom. The molecule has 196 valence electrons. The zero-order valence-electron chi connectivity index (χ0n) is 21.9. The first-order valence-corrected chi connectivity index (χ1v) is 12.4. The van der Waals surface area contributed by atoms with E-state index in [9.17, 15) is 14.3 Å². The number of aromatic carboxylic acids is 1. The number of aliphatic hydroxyl groups is 1. The predicted octanol–water partition coefficient (Wildman–Crippen LogP) is 6.05. The summed E-state index contributed by atoms with van der Waals surface area (Å²) in [6, 6.07) is 19.9. The average Bonchev–Trinajstić information content (AvgIpc) is 2.87. The molecule has 3 aromatic carbocycles. The van der Waals surface area contributed by atoms with E-state index in [0.29, 0.717) is 18.5 Å². The third kappa shape index (κ3) is 8.64. The van der Waals surface area contributed by atoms with Gasteiger partial charge in [-0.25, -0.2) is 9.18 Å². The fraction of sp³-hybridized carbons (Fsp3) is 0.323. The molecule has 0 aliphatic heterocycles. The van der Waals surface area contributed by atoms with Crippen molar-refractivity contribution in [2.75, 3.05) is 13.2 Å². The first-order valence-electron chi connectivity index (χ1n) is 12.4. The Morgan fingerprint density at radius 2 is 1.78 bits per heavy atom. The van der Waals surface area contributed by atoms with Gasteiger partial charge in [0.25, 0.3) is 0 Å². The van der Waals surface area contributed by atoms with Gasteiger partial charge in [0, 0.05) is 12.1 Å². The summed E-state index contributed by atoms with van der Waals surface area (Å²) in [5.41, 5.74) is 4.32. The van der Waals surface area contributed by atoms with Gasteiger partial charge in [-0.2, -0.15) is 0 Å². The fourth-order valence-corrected chi connectivity index (χ4v) is 4.07. The lowest BCUT2D eigenvalue weighted by atomic mass is 9.94. The van der Waals surface area contributed by atoms with E-state index in [2.05, 4.69) is 5.32 Å². The van der Waals surface area contributed by atoms with Crippen LogP contribution in [0.25, 0.3) is 12.2 Å². The van der Waals surface area contributed by atoms with Crippen molar-refractivity contribution in [1.29, 1.82) is 0 Å². The summed E-state index contributed by atoms with van der Waals surface area (Å²) in [7, 11) is 0. The molecule has 5 nitrogen and oxygen atoms in total. The predicted molar refractivity (Wildman–Crippen MR) is 146 cm³/mol. The molecule has 3 rings (SSSR count). The second-order valence-electron chi connectivity index (χ2n) is 10.0. The second kappa shape index (κ2) is 12.8. The minimum absolute atomic E-state index is 0.165. The van der Waals surface area contributed by atoms with Crippen molar-refractivity contribution in [2.45, 2.75) is 51.9 Å². The summed E-state index contributed by atoms with van der Waals surface area (Å²) >= 11 is 0. The summed E-state index contributed by atoms with van der Waals surface area (Å²) in [5.74, 6) is -1.16. The number of hydrogen-bond donors (Lipinski definition) is 3. The lowest BCUT2D eigenvalue weighted by Crippen LogP contribution is -2.46. The van der Waals surface area contributed by atoms with Crippen LogP contribution in [-0.4, -0.2) is 41.0 Å². The maximum atomic E-state index is 13.9. The molecule has 0 unspecified atom stereocenters. The molecule has 2 atom stereocenters. The van der Waals surface area contributed by atoms with Crippen LogP contribution in [0.15, 0.2) is 66.7 Å². The molecule has 0 aromatic heterocycles. The van der Waals surface area contributed by atoms with Gasteiger partial charge in [-0.3, -0.25) is 0 Å². The van der Waals surface area contributed by atoms with Crippen LogP contribution >= 0.6 is 0 Å². The molecule has 0 bridgehead atoms. The number of aryl methyl sites for hydroxylation is 1. The molecular formula is C31H36FNO4. The van der Waals surface area contributed by atoms with Crippen molar-refractivity contribution in [3.05, 3.63) is 106 Å². The SMILES string of the molecule is Cc1ccc(CC(C)(C)NC[C@@H](O)CO[C@H](C)c2ccccc2C=Cc2ccc(C(=O)O)cc2)cc1F. The van der Waals surface area contributed by atoms with Crippen molar-refractivity contribution in [2.24, 2.45) is 0 Å². The number of carbonyl (C=O) groups is 1. The Hall–Kier alpha value is -3.32. The van der Waals surface area contributed by atoms with Crippen LogP contribution in [0.5, 0.6) is 0 Å². The summed E-state index contributed by atoms with van der Waals surface area (Å²) in [6.07, 6.45) is 3.59. The van der Waals surface area contributed by atoms with Gasteiger partial charge in [-0.1, -0.05) is 60.7 Å². The van der Waals surface area contributed by atoms with Gasteiger partial charge in [-0.15, -0.1) is 0 Å². The number of carboxylic acids is 1. The number of ether oxygens (including phenoxy) is 1. The normalized spacial score (nSPS) is 13.6. The zero-order chi connectivity index (χ0) is 27.0. The van der Waals surface area contributed by atoms with Gasteiger partial charge in [0.1, 0.15) is 5.82 Å². The van der Waals surface area contributed by atoms with E-state index in [4.69, 9.17) is 9.84 Å². The Labute approximate surface area is 218 Å². The molecule has 0 spiro atoms. The van der Waals surface area contributed by atoms with Crippen molar-refractivity contribution in [3.8, 4) is 0 Å². The number of benzene rings is 3. The Kier molecular flexibility index (Phi) is 9.75. The van der Waals surface area contributed by atoms with Gasteiger partial charge in [0.05, 0.1) is 24.4 Å². The van der Waals surface area contributed by atoms with Gasteiger partial charge in [0.2, 0.25) is 0 Å². The Balaban J connectivity index is 1.53. The van der Waals surface area contributed by atoms with E-state index < -0.39 is 12.1 Å². The zero-order valence-corrected chi connectivity index (χ0v) is 21.9. The molecule has 3 aromatic rings. The van der Waals surface area contributed by atoms with E-state index in [-0.39, 0.29) is 29.6 Å². The molecule has 0 amide bonds. The number of hydrogen-bond acceptors (Lipinski definition) is 4. The first-order chi connectivity index (χ1) is 17.5. The van der Waals surface area contributed by atoms with Gasteiger partial charge >= 0.3 is 5.97 Å². The molecule has 0 aliphatic carbocycles. The maximum Gasteiger partial charge on any atom is 0.335 e. The van der Waals surface area contributed by atoms with Crippen LogP contribution in [0.2, 0.25) is 0 Å². The van der Waals surface area contributed by atoms with E-state index in [0.717, 1.165) is 22.3 Å².